The molecule has 2 rings (SSSR count). The number of esters is 1. The van der Waals surface area contributed by atoms with Crippen LogP contribution in [0.3, 0.4) is 0 Å². The number of phenolic OH excluding ortho intramolecular Hbond substituents is 2. The predicted molar refractivity (Wildman–Crippen MR) is 94.2 cm³/mol. The molecule has 0 aromatic heterocycles. The number of phenols is 2. The number of carbonyl (C=O) groups is 1. The quantitative estimate of drug-likeness (QED) is 0.293. The molecule has 2 N–H and O–H groups in total. The summed E-state index contributed by atoms with van der Waals surface area (Å²) in [6.07, 6.45) is 0. The molecular weight excluding hydrogens is 486 g/mol. The fourth-order valence-electron chi connectivity index (χ4n) is 1.69. The van der Waals surface area contributed by atoms with Crippen LogP contribution in [0.25, 0.3) is 10.8 Å². The number of hydrogen-bond donors (Lipinski definition) is 2. The van der Waals surface area contributed by atoms with E-state index in [1.807, 2.05) is 22.6 Å². The summed E-state index contributed by atoms with van der Waals surface area (Å²) >= 11 is 4.16. The van der Waals surface area contributed by atoms with Gasteiger partial charge in [0, 0.05) is 9.81 Å². The highest BCUT2D eigenvalue weighted by atomic mass is 127. The van der Waals surface area contributed by atoms with Crippen molar-refractivity contribution < 1.29 is 19.7 Å². The first-order valence-electron chi connectivity index (χ1n) is 5.77. The van der Waals surface area contributed by atoms with Gasteiger partial charge in [-0.25, -0.2) is 0 Å². The van der Waals surface area contributed by atoms with Crippen molar-refractivity contribution in [1.82, 2.24) is 0 Å². The number of hydrogen-bond acceptors (Lipinski definition) is 4. The molecule has 1 atom stereocenters. The highest BCUT2D eigenvalue weighted by Gasteiger charge is 2.31. The van der Waals surface area contributed by atoms with E-state index in [2.05, 4.69) is 22.6 Å². The Hall–Kier alpha value is -0.770. The maximum atomic E-state index is 12.1. The molecule has 4 nitrogen and oxygen atoms in total. The van der Waals surface area contributed by atoms with E-state index in [0.717, 1.165) is 0 Å². The third-order valence-corrected chi connectivity index (χ3v) is 6.64. The van der Waals surface area contributed by atoms with Crippen molar-refractivity contribution in [1.29, 1.82) is 0 Å². The number of alkyl halides is 2. The van der Waals surface area contributed by atoms with Crippen LogP contribution in [0, 0.1) is 0 Å². The van der Waals surface area contributed by atoms with E-state index >= 15 is 0 Å². The Morgan fingerprint density at radius 2 is 1.95 bits per heavy atom. The molecule has 0 aliphatic rings. The van der Waals surface area contributed by atoms with Gasteiger partial charge in [-0.2, -0.15) is 0 Å². The van der Waals surface area contributed by atoms with Crippen LogP contribution in [-0.4, -0.2) is 24.0 Å². The minimum absolute atomic E-state index is 0.0295. The molecule has 0 heterocycles. The van der Waals surface area contributed by atoms with Crippen molar-refractivity contribution in [3.05, 3.63) is 30.3 Å². The van der Waals surface area contributed by atoms with Crippen LogP contribution in [0.4, 0.5) is 0 Å². The third-order valence-electron chi connectivity index (χ3n) is 2.84. The second-order valence-electron chi connectivity index (χ2n) is 4.50. The molecule has 0 radical (unpaired) electrons. The first kappa shape index (κ1) is 15.6. The van der Waals surface area contributed by atoms with Gasteiger partial charge in [-0.3, -0.25) is 4.79 Å². The summed E-state index contributed by atoms with van der Waals surface area (Å²) in [5, 5.41) is 20.5. The van der Waals surface area contributed by atoms with Crippen LogP contribution in [0.2, 0.25) is 0 Å². The number of benzene rings is 2. The zero-order valence-corrected chi connectivity index (χ0v) is 14.9. The summed E-state index contributed by atoms with van der Waals surface area (Å²) in [6.45, 7) is 1.78. The molecule has 6 heteroatoms. The zero-order valence-electron chi connectivity index (χ0n) is 10.6. The number of fused-ring (bicyclic) bond motifs is 1. The second-order valence-corrected chi connectivity index (χ2v) is 7.65. The SMILES string of the molecule is CC(I)(CI)C(=O)Oc1ccc(O)c2cccc(O)c12. The molecule has 20 heavy (non-hydrogen) atoms. The molecule has 0 saturated heterocycles. The minimum atomic E-state index is -0.646. The number of carbonyl (C=O) groups excluding carboxylic acids is 1. The lowest BCUT2D eigenvalue weighted by molar-refractivity contribution is -0.135. The molecule has 2 aromatic carbocycles. The number of rotatable bonds is 3. The molecule has 0 bridgehead atoms. The topological polar surface area (TPSA) is 66.8 Å². The van der Waals surface area contributed by atoms with Crippen molar-refractivity contribution in [2.24, 2.45) is 0 Å². The standard InChI is InChI=1S/C14H12I2O4/c1-14(16,7-15)13(19)20-11-6-5-9(17)8-3-2-4-10(18)12(8)11/h2-6,17-18H,7H2,1H3. The van der Waals surface area contributed by atoms with Crippen LogP contribution in [0.5, 0.6) is 17.2 Å². The van der Waals surface area contributed by atoms with E-state index in [-0.39, 0.29) is 23.2 Å². The summed E-state index contributed by atoms with van der Waals surface area (Å²) < 4.78 is 5.35. The molecular formula is C14H12I2O4. The minimum Gasteiger partial charge on any atom is -0.507 e. The Balaban J connectivity index is 2.51. The van der Waals surface area contributed by atoms with Crippen molar-refractivity contribution in [2.45, 2.75) is 10.3 Å². The Labute approximate surface area is 143 Å². The van der Waals surface area contributed by atoms with Gasteiger partial charge in [-0.1, -0.05) is 57.3 Å². The largest absolute Gasteiger partial charge is 0.507 e. The molecule has 2 aromatic rings. The van der Waals surface area contributed by atoms with E-state index in [4.69, 9.17) is 4.74 Å². The fraction of sp³-hybridized carbons (Fsp3) is 0.214. The van der Waals surface area contributed by atoms with Gasteiger partial charge in [-0.05, 0) is 25.1 Å². The maximum Gasteiger partial charge on any atom is 0.327 e. The molecule has 106 valence electrons. The van der Waals surface area contributed by atoms with Gasteiger partial charge < -0.3 is 14.9 Å². The molecule has 0 fully saturated rings. The van der Waals surface area contributed by atoms with Gasteiger partial charge >= 0.3 is 5.97 Å². The molecule has 0 aliphatic heterocycles. The Kier molecular flexibility index (Phi) is 4.62. The van der Waals surface area contributed by atoms with E-state index in [0.29, 0.717) is 15.2 Å². The lowest BCUT2D eigenvalue weighted by atomic mass is 10.1. The maximum absolute atomic E-state index is 12.1. The van der Waals surface area contributed by atoms with Crippen molar-refractivity contribution in [3.8, 4) is 17.2 Å². The highest BCUT2D eigenvalue weighted by molar-refractivity contribution is 14.1. The van der Waals surface area contributed by atoms with Gasteiger partial charge in [0.2, 0.25) is 0 Å². The summed E-state index contributed by atoms with van der Waals surface area (Å²) in [4.78, 5) is 12.1. The Morgan fingerprint density at radius 3 is 2.60 bits per heavy atom. The van der Waals surface area contributed by atoms with E-state index in [9.17, 15) is 15.0 Å². The summed E-state index contributed by atoms with van der Waals surface area (Å²) in [5.41, 5.74) is 0. The van der Waals surface area contributed by atoms with Crippen LogP contribution < -0.4 is 4.74 Å². The molecule has 0 saturated carbocycles. The Morgan fingerprint density at radius 1 is 1.25 bits per heavy atom. The average molecular weight is 498 g/mol. The van der Waals surface area contributed by atoms with Crippen molar-refractivity contribution in [2.75, 3.05) is 4.43 Å². The van der Waals surface area contributed by atoms with E-state index in [1.165, 1.54) is 18.2 Å². The second kappa shape index (κ2) is 5.92. The fourth-order valence-corrected chi connectivity index (χ4v) is 2.11. The van der Waals surface area contributed by atoms with Crippen LogP contribution >= 0.6 is 45.2 Å². The third kappa shape index (κ3) is 2.95. The summed E-state index contributed by atoms with van der Waals surface area (Å²) in [7, 11) is 0. The van der Waals surface area contributed by atoms with Crippen LogP contribution in [0.1, 0.15) is 6.92 Å². The van der Waals surface area contributed by atoms with Gasteiger partial charge in [0.05, 0.1) is 5.39 Å². The number of ether oxygens (including phenoxy) is 1. The molecule has 0 amide bonds. The predicted octanol–water partition coefficient (Wildman–Crippen LogP) is 3.79. The molecule has 0 aliphatic carbocycles. The summed E-state index contributed by atoms with van der Waals surface area (Å²) in [5.74, 6) is -0.149. The van der Waals surface area contributed by atoms with Gasteiger partial charge in [0.25, 0.3) is 0 Å². The van der Waals surface area contributed by atoms with Crippen LogP contribution in [0.15, 0.2) is 30.3 Å². The first-order chi connectivity index (χ1) is 9.36. The van der Waals surface area contributed by atoms with Crippen molar-refractivity contribution in [3.63, 3.8) is 0 Å². The van der Waals surface area contributed by atoms with E-state index < -0.39 is 3.42 Å². The Bertz CT molecular complexity index is 668. The normalized spacial score (nSPS) is 13.9. The molecule has 0 spiro atoms. The smallest absolute Gasteiger partial charge is 0.327 e. The highest BCUT2D eigenvalue weighted by Crippen LogP contribution is 2.39. The van der Waals surface area contributed by atoms with Gasteiger partial charge in [0.15, 0.2) is 0 Å². The van der Waals surface area contributed by atoms with Gasteiger partial charge in [0.1, 0.15) is 20.7 Å². The average Bonchev–Trinajstić information content (AvgIpc) is 2.42. The number of halogens is 2. The summed E-state index contributed by atoms with van der Waals surface area (Å²) in [6, 6.07) is 7.69. The monoisotopic (exact) mass is 498 g/mol. The number of aromatic hydroxyl groups is 2. The van der Waals surface area contributed by atoms with E-state index in [1.54, 1.807) is 19.1 Å². The lowest BCUT2D eigenvalue weighted by Gasteiger charge is -2.18. The molecule has 1 unspecified atom stereocenters. The lowest BCUT2D eigenvalue weighted by Crippen LogP contribution is -2.34. The first-order valence-corrected chi connectivity index (χ1v) is 8.38. The van der Waals surface area contributed by atoms with Crippen LogP contribution in [-0.2, 0) is 4.79 Å². The zero-order chi connectivity index (χ0) is 14.9. The van der Waals surface area contributed by atoms with Crippen molar-refractivity contribution >= 4 is 61.9 Å². The van der Waals surface area contributed by atoms with Gasteiger partial charge in [-0.15, -0.1) is 0 Å².